The molecule has 2 atom stereocenters. The number of aliphatic hydroxyl groups is 2. The van der Waals surface area contributed by atoms with Gasteiger partial charge in [-0.3, -0.25) is 15.0 Å². The van der Waals surface area contributed by atoms with E-state index in [1.165, 1.54) is 22.9 Å². The van der Waals surface area contributed by atoms with Crippen molar-refractivity contribution in [3.05, 3.63) is 38.8 Å². The maximum absolute atomic E-state index is 13.2. The SMILES string of the molecule is C=C(C)N/N=C\CCc1sc2c(C(C)CC)nn(C)c(=O)c2c1C(=O)NC[C@](C)(O)CO.CC. The molecule has 4 N–H and O–H groups in total. The van der Waals surface area contributed by atoms with E-state index in [0.29, 0.717) is 34.2 Å². The Morgan fingerprint density at radius 1 is 1.41 bits per heavy atom. The third-order valence-electron chi connectivity index (χ3n) is 5.10. The highest BCUT2D eigenvalue weighted by Crippen LogP contribution is 2.35. The molecule has 0 aromatic carbocycles. The molecule has 0 bridgehead atoms. The standard InChI is InChI=1S/C22H33N5O4S.C2H6/c1-7-14(4)18-19-17(21(30)27(6)26-18)16(20(29)23-11-22(5,31)12-28)15(32-19)9-8-10-24-25-13(2)3;1-2/h10,14,25,28,31H,2,7-9,11-12H2,1,3-6H3,(H,23,29);1-2H3/b24-10-;/t14?,22-;/m0./s1. The van der Waals surface area contributed by atoms with E-state index in [-0.39, 0.29) is 18.0 Å². The molecular formula is C24H39N5O4S. The van der Waals surface area contributed by atoms with Crippen LogP contribution in [0.3, 0.4) is 0 Å². The quantitative estimate of drug-likeness (QED) is 0.281. The van der Waals surface area contributed by atoms with E-state index in [1.807, 2.05) is 27.7 Å². The first kappa shape index (κ1) is 29.5. The number of aryl methyl sites for hydroxylation is 2. The van der Waals surface area contributed by atoms with Gasteiger partial charge in [0.25, 0.3) is 11.5 Å². The normalized spacial score (nSPS) is 13.8. The summed E-state index contributed by atoms with van der Waals surface area (Å²) in [4.78, 5) is 27.0. The summed E-state index contributed by atoms with van der Waals surface area (Å²) in [6.07, 6.45) is 3.59. The van der Waals surface area contributed by atoms with Gasteiger partial charge in [-0.25, -0.2) is 4.68 Å². The summed E-state index contributed by atoms with van der Waals surface area (Å²) >= 11 is 1.40. The van der Waals surface area contributed by atoms with Crippen LogP contribution in [0, 0.1) is 0 Å². The van der Waals surface area contributed by atoms with Crippen LogP contribution in [0.5, 0.6) is 0 Å². The number of nitrogens with zero attached hydrogens (tertiary/aromatic N) is 3. The number of thiophene rings is 1. The Bertz CT molecular complexity index is 1070. The summed E-state index contributed by atoms with van der Waals surface area (Å²) in [7, 11) is 1.58. The number of carbonyl (C=O) groups excluding carboxylic acids is 1. The summed E-state index contributed by atoms with van der Waals surface area (Å²) in [6.45, 7) is 14.4. The zero-order valence-corrected chi connectivity index (χ0v) is 22.2. The van der Waals surface area contributed by atoms with Gasteiger partial charge in [0.15, 0.2) is 0 Å². The van der Waals surface area contributed by atoms with Crippen LogP contribution >= 0.6 is 11.3 Å². The summed E-state index contributed by atoms with van der Waals surface area (Å²) < 4.78 is 1.99. The lowest BCUT2D eigenvalue weighted by molar-refractivity contribution is 0.00321. The number of hydrogen-bond donors (Lipinski definition) is 4. The highest BCUT2D eigenvalue weighted by atomic mass is 32.1. The third-order valence-corrected chi connectivity index (χ3v) is 6.38. The summed E-state index contributed by atoms with van der Waals surface area (Å²) in [5.41, 5.74) is 2.77. The van der Waals surface area contributed by atoms with Crippen molar-refractivity contribution in [1.82, 2.24) is 20.5 Å². The minimum atomic E-state index is -1.46. The van der Waals surface area contributed by atoms with Gasteiger partial charge in [0, 0.05) is 36.3 Å². The van der Waals surface area contributed by atoms with Crippen molar-refractivity contribution < 1.29 is 15.0 Å². The van der Waals surface area contributed by atoms with Crippen molar-refractivity contribution in [1.29, 1.82) is 0 Å². The molecule has 9 nitrogen and oxygen atoms in total. The molecule has 2 heterocycles. The average molecular weight is 494 g/mol. The van der Waals surface area contributed by atoms with Crippen LogP contribution in [0.4, 0.5) is 0 Å². The van der Waals surface area contributed by atoms with Crippen LogP contribution in [0.25, 0.3) is 10.1 Å². The molecule has 2 aromatic heterocycles. The lowest BCUT2D eigenvalue weighted by atomic mass is 10.0. The number of aromatic nitrogens is 2. The van der Waals surface area contributed by atoms with Crippen molar-refractivity contribution in [3.63, 3.8) is 0 Å². The van der Waals surface area contributed by atoms with E-state index in [2.05, 4.69) is 27.5 Å². The molecule has 0 aliphatic heterocycles. The first-order valence-corrected chi connectivity index (χ1v) is 12.4. The van der Waals surface area contributed by atoms with Crippen LogP contribution in [-0.4, -0.2) is 50.9 Å². The van der Waals surface area contributed by atoms with Crippen molar-refractivity contribution in [2.24, 2.45) is 12.1 Å². The topological polar surface area (TPSA) is 129 Å². The Hall–Kier alpha value is -2.56. The molecule has 34 heavy (non-hydrogen) atoms. The Morgan fingerprint density at radius 2 is 2.06 bits per heavy atom. The first-order chi connectivity index (χ1) is 16.0. The molecule has 0 radical (unpaired) electrons. The van der Waals surface area contributed by atoms with Gasteiger partial charge in [0.05, 0.1) is 28.0 Å². The van der Waals surface area contributed by atoms with Crippen LogP contribution in [0.1, 0.15) is 81.2 Å². The van der Waals surface area contributed by atoms with E-state index in [9.17, 15) is 19.8 Å². The molecule has 10 heteroatoms. The van der Waals surface area contributed by atoms with Crippen LogP contribution < -0.4 is 16.3 Å². The minimum Gasteiger partial charge on any atom is -0.393 e. The molecule has 0 saturated heterocycles. The van der Waals surface area contributed by atoms with E-state index in [1.54, 1.807) is 20.2 Å². The van der Waals surface area contributed by atoms with Gasteiger partial charge >= 0.3 is 0 Å². The fourth-order valence-electron chi connectivity index (χ4n) is 3.04. The number of aliphatic hydroxyl groups excluding tert-OH is 1. The Balaban J connectivity index is 0.00000281. The molecule has 0 aliphatic carbocycles. The summed E-state index contributed by atoms with van der Waals surface area (Å²) in [5, 5.41) is 30.9. The molecule has 0 aliphatic rings. The van der Waals surface area contributed by atoms with Gasteiger partial charge in [-0.2, -0.15) is 10.2 Å². The second-order valence-electron chi connectivity index (χ2n) is 8.31. The van der Waals surface area contributed by atoms with Crippen LogP contribution in [-0.2, 0) is 13.5 Å². The monoisotopic (exact) mass is 493 g/mol. The van der Waals surface area contributed by atoms with Crippen molar-refractivity contribution >= 4 is 33.5 Å². The predicted octanol–water partition coefficient (Wildman–Crippen LogP) is 3.05. The fourth-order valence-corrected chi connectivity index (χ4v) is 4.44. The number of amides is 1. The lowest BCUT2D eigenvalue weighted by Crippen LogP contribution is -2.43. The zero-order chi connectivity index (χ0) is 26.1. The predicted molar refractivity (Wildman–Crippen MR) is 140 cm³/mol. The average Bonchev–Trinajstić information content (AvgIpc) is 3.20. The lowest BCUT2D eigenvalue weighted by Gasteiger charge is -2.20. The minimum absolute atomic E-state index is 0.114. The Kier molecular flexibility index (Phi) is 11.6. The highest BCUT2D eigenvalue weighted by molar-refractivity contribution is 7.19. The number of hydrazone groups is 1. The molecule has 0 fully saturated rings. The molecule has 2 aromatic rings. The Labute approximate surface area is 205 Å². The van der Waals surface area contributed by atoms with Crippen LogP contribution in [0.15, 0.2) is 22.2 Å². The largest absolute Gasteiger partial charge is 0.393 e. The zero-order valence-electron chi connectivity index (χ0n) is 21.4. The number of hydrogen-bond acceptors (Lipinski definition) is 8. The van der Waals surface area contributed by atoms with Crippen molar-refractivity contribution in [2.45, 2.75) is 72.3 Å². The number of nitrogens with one attached hydrogen (secondary N) is 2. The molecular weight excluding hydrogens is 454 g/mol. The maximum Gasteiger partial charge on any atom is 0.276 e. The van der Waals surface area contributed by atoms with E-state index in [4.69, 9.17) is 0 Å². The van der Waals surface area contributed by atoms with E-state index in [0.717, 1.165) is 17.0 Å². The fraction of sp³-hybridized carbons (Fsp3) is 0.583. The van der Waals surface area contributed by atoms with E-state index >= 15 is 0 Å². The van der Waals surface area contributed by atoms with Gasteiger partial charge in [-0.1, -0.05) is 34.3 Å². The second-order valence-corrected chi connectivity index (χ2v) is 9.41. The third kappa shape index (κ3) is 7.48. The van der Waals surface area contributed by atoms with Crippen molar-refractivity contribution in [2.75, 3.05) is 13.2 Å². The maximum atomic E-state index is 13.2. The summed E-state index contributed by atoms with van der Waals surface area (Å²) in [6, 6.07) is 0. The van der Waals surface area contributed by atoms with Gasteiger partial charge < -0.3 is 15.5 Å². The van der Waals surface area contributed by atoms with Crippen LogP contribution in [0.2, 0.25) is 0 Å². The van der Waals surface area contributed by atoms with Gasteiger partial charge in [0.2, 0.25) is 0 Å². The molecule has 0 saturated carbocycles. The van der Waals surface area contributed by atoms with E-state index < -0.39 is 18.1 Å². The number of rotatable bonds is 11. The highest BCUT2D eigenvalue weighted by Gasteiger charge is 2.27. The smallest absolute Gasteiger partial charge is 0.276 e. The molecule has 2 rings (SSSR count). The molecule has 190 valence electrons. The van der Waals surface area contributed by atoms with Gasteiger partial charge in [0.1, 0.15) is 5.60 Å². The van der Waals surface area contributed by atoms with Crippen molar-refractivity contribution in [3.8, 4) is 0 Å². The molecule has 0 spiro atoms. The van der Waals surface area contributed by atoms with Gasteiger partial charge in [-0.15, -0.1) is 11.3 Å². The first-order valence-electron chi connectivity index (χ1n) is 11.6. The number of allylic oxidation sites excluding steroid dienone is 1. The van der Waals surface area contributed by atoms with Gasteiger partial charge in [-0.05, 0) is 33.1 Å². The molecule has 1 amide bonds. The number of carbonyl (C=O) groups is 1. The molecule has 1 unspecified atom stereocenters. The number of fused-ring (bicyclic) bond motifs is 1. The second kappa shape index (κ2) is 13.4. The summed E-state index contributed by atoms with van der Waals surface area (Å²) in [5.74, 6) is -0.349. The Morgan fingerprint density at radius 3 is 2.62 bits per heavy atom.